The molecule has 166 valence electrons. The zero-order valence-corrected chi connectivity index (χ0v) is 18.7. The second-order valence-electron chi connectivity index (χ2n) is 8.31. The summed E-state index contributed by atoms with van der Waals surface area (Å²) in [5, 5.41) is 18.2. The van der Waals surface area contributed by atoms with E-state index < -0.39 is 6.04 Å². The van der Waals surface area contributed by atoms with Crippen LogP contribution >= 0.6 is 0 Å². The number of aromatic hydroxyl groups is 1. The van der Waals surface area contributed by atoms with Crippen molar-refractivity contribution in [1.29, 1.82) is 0 Å². The predicted molar refractivity (Wildman–Crippen MR) is 124 cm³/mol. The summed E-state index contributed by atoms with van der Waals surface area (Å²) in [6.45, 7) is 4.26. The van der Waals surface area contributed by atoms with Gasteiger partial charge in [-0.05, 0) is 60.4 Å². The van der Waals surface area contributed by atoms with Gasteiger partial charge in [-0.25, -0.2) is 0 Å². The number of aromatic amines is 1. The smallest absolute Gasteiger partial charge is 0.273 e. The minimum Gasteiger partial charge on any atom is -0.507 e. The summed E-state index contributed by atoms with van der Waals surface area (Å²) in [7, 11) is 1.62. The number of hydrogen-bond donors (Lipinski definition) is 2. The van der Waals surface area contributed by atoms with Gasteiger partial charge in [0.1, 0.15) is 22.9 Å². The largest absolute Gasteiger partial charge is 0.507 e. The molecule has 0 radical (unpaired) electrons. The first-order valence-electron chi connectivity index (χ1n) is 10.7. The topological polar surface area (TPSA) is 91.3 Å². The van der Waals surface area contributed by atoms with Crippen molar-refractivity contribution in [3.63, 3.8) is 0 Å². The summed E-state index contributed by atoms with van der Waals surface area (Å²) in [4.78, 5) is 19.6. The molecule has 1 aliphatic heterocycles. The van der Waals surface area contributed by atoms with Gasteiger partial charge in [0, 0.05) is 30.1 Å². The van der Waals surface area contributed by atoms with Gasteiger partial charge in [0.15, 0.2) is 0 Å². The lowest BCUT2D eigenvalue weighted by Crippen LogP contribution is -2.29. The zero-order valence-electron chi connectivity index (χ0n) is 18.7. The van der Waals surface area contributed by atoms with Crippen LogP contribution in [0.2, 0.25) is 0 Å². The van der Waals surface area contributed by atoms with Gasteiger partial charge < -0.3 is 14.7 Å². The first-order chi connectivity index (χ1) is 16.0. The Morgan fingerprint density at radius 3 is 2.73 bits per heavy atom. The van der Waals surface area contributed by atoms with Crippen LogP contribution in [-0.4, -0.2) is 38.2 Å². The first-order valence-corrected chi connectivity index (χ1v) is 10.7. The van der Waals surface area contributed by atoms with E-state index in [0.29, 0.717) is 29.2 Å². The van der Waals surface area contributed by atoms with Crippen molar-refractivity contribution in [2.24, 2.45) is 0 Å². The van der Waals surface area contributed by atoms with Crippen LogP contribution in [-0.2, 0) is 6.54 Å². The van der Waals surface area contributed by atoms with Gasteiger partial charge in [-0.15, -0.1) is 0 Å². The van der Waals surface area contributed by atoms with Crippen molar-refractivity contribution in [2.45, 2.75) is 26.4 Å². The van der Waals surface area contributed by atoms with Crippen molar-refractivity contribution in [1.82, 2.24) is 20.1 Å². The molecule has 5 rings (SSSR count). The van der Waals surface area contributed by atoms with Crippen molar-refractivity contribution in [3.8, 4) is 22.8 Å². The van der Waals surface area contributed by atoms with E-state index in [-0.39, 0.29) is 11.7 Å². The molecule has 1 unspecified atom stereocenters. The number of aromatic nitrogens is 3. The minimum atomic E-state index is -0.406. The third-order valence-corrected chi connectivity index (χ3v) is 6.04. The number of methoxy groups -OCH3 is 1. The molecule has 0 saturated carbocycles. The number of aryl methyl sites for hydroxylation is 2. The zero-order chi connectivity index (χ0) is 23.1. The summed E-state index contributed by atoms with van der Waals surface area (Å²) in [5.74, 6) is 0.697. The number of fused-ring (bicyclic) bond motifs is 1. The van der Waals surface area contributed by atoms with Crippen molar-refractivity contribution < 1.29 is 14.6 Å². The average Bonchev–Trinajstić information content (AvgIpc) is 3.33. The van der Waals surface area contributed by atoms with Crippen molar-refractivity contribution in [2.75, 3.05) is 7.11 Å². The van der Waals surface area contributed by atoms with Gasteiger partial charge in [-0.1, -0.05) is 24.3 Å². The number of hydrogen-bond acceptors (Lipinski definition) is 5. The Kier molecular flexibility index (Phi) is 5.09. The SMILES string of the molecule is COc1cccc(C2c3c(-c4c(C)cc(C)cc4O)n[nH]c3C(=O)N2Cc2cccnc2)c1. The highest BCUT2D eigenvalue weighted by Gasteiger charge is 2.42. The van der Waals surface area contributed by atoms with E-state index >= 15 is 0 Å². The number of carbonyl (C=O) groups excluding carboxylic acids is 1. The van der Waals surface area contributed by atoms with Crippen LogP contribution in [0.5, 0.6) is 11.5 Å². The maximum absolute atomic E-state index is 13.5. The lowest BCUT2D eigenvalue weighted by atomic mass is 9.93. The number of benzene rings is 2. The predicted octanol–water partition coefficient (Wildman–Crippen LogP) is 4.55. The second-order valence-corrected chi connectivity index (χ2v) is 8.31. The standard InChI is InChI=1S/C26H24N4O3/c1-15-10-16(2)21(20(31)11-15)23-22-24(29-28-23)26(32)30(14-17-6-5-9-27-13-17)25(22)18-7-4-8-19(12-18)33-3/h4-13,25,31H,14H2,1-3H3,(H,28,29). The summed E-state index contributed by atoms with van der Waals surface area (Å²) in [6, 6.07) is 14.8. The van der Waals surface area contributed by atoms with Crippen LogP contribution in [0.4, 0.5) is 0 Å². The number of pyridine rings is 1. The molecular weight excluding hydrogens is 416 g/mol. The number of phenolic OH excluding ortho intramolecular Hbond substituents is 1. The molecule has 3 heterocycles. The molecule has 33 heavy (non-hydrogen) atoms. The molecule has 1 atom stereocenters. The molecule has 2 N–H and O–H groups in total. The number of nitrogens with zero attached hydrogens (tertiary/aromatic N) is 3. The number of H-pyrrole nitrogens is 1. The Balaban J connectivity index is 1.70. The van der Waals surface area contributed by atoms with Gasteiger partial charge in [-0.2, -0.15) is 5.10 Å². The van der Waals surface area contributed by atoms with Crippen LogP contribution in [0, 0.1) is 13.8 Å². The maximum atomic E-state index is 13.5. The Morgan fingerprint density at radius 2 is 2.00 bits per heavy atom. The number of ether oxygens (including phenoxy) is 1. The molecule has 1 aliphatic rings. The molecular formula is C26H24N4O3. The number of nitrogens with one attached hydrogen (secondary N) is 1. The Bertz CT molecular complexity index is 1320. The monoisotopic (exact) mass is 440 g/mol. The summed E-state index contributed by atoms with van der Waals surface area (Å²) < 4.78 is 5.45. The second kappa shape index (κ2) is 8.09. The molecule has 2 aromatic heterocycles. The fourth-order valence-electron chi connectivity index (χ4n) is 4.65. The molecule has 7 heteroatoms. The van der Waals surface area contributed by atoms with E-state index in [1.807, 2.05) is 56.3 Å². The first kappa shape index (κ1) is 20.8. The van der Waals surface area contributed by atoms with E-state index in [4.69, 9.17) is 4.74 Å². The lowest BCUT2D eigenvalue weighted by Gasteiger charge is -2.27. The molecule has 0 saturated heterocycles. The minimum absolute atomic E-state index is 0.143. The van der Waals surface area contributed by atoms with Crippen molar-refractivity contribution >= 4 is 5.91 Å². The maximum Gasteiger partial charge on any atom is 0.273 e. The van der Waals surface area contributed by atoms with Crippen LogP contribution in [0.3, 0.4) is 0 Å². The lowest BCUT2D eigenvalue weighted by molar-refractivity contribution is 0.0729. The van der Waals surface area contributed by atoms with E-state index in [0.717, 1.165) is 27.8 Å². The van der Waals surface area contributed by atoms with E-state index in [1.54, 1.807) is 30.5 Å². The average molecular weight is 441 g/mol. The Hall–Kier alpha value is -4.13. The van der Waals surface area contributed by atoms with Gasteiger partial charge >= 0.3 is 0 Å². The molecule has 7 nitrogen and oxygen atoms in total. The highest BCUT2D eigenvalue weighted by molar-refractivity contribution is 6.00. The molecule has 2 aromatic carbocycles. The highest BCUT2D eigenvalue weighted by Crippen LogP contribution is 2.46. The van der Waals surface area contributed by atoms with E-state index in [9.17, 15) is 9.90 Å². The third kappa shape index (κ3) is 3.51. The number of carbonyl (C=O) groups is 1. The fourth-order valence-corrected chi connectivity index (χ4v) is 4.65. The fraction of sp³-hybridized carbons (Fsp3) is 0.192. The number of rotatable bonds is 5. The molecule has 4 aromatic rings. The molecule has 0 bridgehead atoms. The number of phenols is 1. The van der Waals surface area contributed by atoms with E-state index in [2.05, 4.69) is 15.2 Å². The Morgan fingerprint density at radius 1 is 1.15 bits per heavy atom. The Labute approximate surface area is 191 Å². The molecule has 0 aliphatic carbocycles. The molecule has 0 spiro atoms. The highest BCUT2D eigenvalue weighted by atomic mass is 16.5. The number of amides is 1. The van der Waals surface area contributed by atoms with Gasteiger partial charge in [0.25, 0.3) is 5.91 Å². The summed E-state index contributed by atoms with van der Waals surface area (Å²) >= 11 is 0. The van der Waals surface area contributed by atoms with Crippen LogP contribution in [0.1, 0.15) is 44.3 Å². The van der Waals surface area contributed by atoms with E-state index in [1.165, 1.54) is 0 Å². The molecule has 1 amide bonds. The van der Waals surface area contributed by atoms with Crippen molar-refractivity contribution in [3.05, 3.63) is 94.4 Å². The molecule has 0 fully saturated rings. The summed E-state index contributed by atoms with van der Waals surface area (Å²) in [5.41, 5.74) is 6.06. The van der Waals surface area contributed by atoms with Crippen LogP contribution < -0.4 is 4.74 Å². The van der Waals surface area contributed by atoms with Gasteiger partial charge in [-0.3, -0.25) is 14.9 Å². The third-order valence-electron chi connectivity index (χ3n) is 6.04. The summed E-state index contributed by atoms with van der Waals surface area (Å²) in [6.07, 6.45) is 3.47. The van der Waals surface area contributed by atoms with Crippen LogP contribution in [0.25, 0.3) is 11.3 Å². The van der Waals surface area contributed by atoms with Crippen LogP contribution in [0.15, 0.2) is 60.9 Å². The quantitative estimate of drug-likeness (QED) is 0.475. The van der Waals surface area contributed by atoms with Gasteiger partial charge in [0.05, 0.1) is 13.2 Å². The normalized spacial score (nSPS) is 15.1. The van der Waals surface area contributed by atoms with Gasteiger partial charge in [0.2, 0.25) is 0 Å².